The second-order valence-electron chi connectivity index (χ2n) is 3.79. The van der Waals surface area contributed by atoms with Crippen LogP contribution < -0.4 is 10.1 Å². The van der Waals surface area contributed by atoms with Crippen molar-refractivity contribution in [3.63, 3.8) is 0 Å². The van der Waals surface area contributed by atoms with Crippen molar-refractivity contribution in [2.24, 2.45) is 0 Å². The highest BCUT2D eigenvalue weighted by Gasteiger charge is 2.02. The average molecular weight is 247 g/mol. The fourth-order valence-electron chi connectivity index (χ4n) is 1.71. The van der Waals surface area contributed by atoms with Crippen LogP contribution in [0.2, 0.25) is 0 Å². The van der Waals surface area contributed by atoms with Crippen molar-refractivity contribution in [1.82, 2.24) is 5.32 Å². The van der Waals surface area contributed by atoms with Crippen LogP contribution in [0.3, 0.4) is 0 Å². The highest BCUT2D eigenvalue weighted by molar-refractivity contribution is 7.10. The van der Waals surface area contributed by atoms with Gasteiger partial charge in [0.05, 0.1) is 6.61 Å². The topological polar surface area (TPSA) is 21.3 Å². The second kappa shape index (κ2) is 5.84. The molecule has 1 aromatic heterocycles. The van der Waals surface area contributed by atoms with Crippen LogP contribution in [0.15, 0.2) is 35.7 Å². The largest absolute Gasteiger partial charge is 0.494 e. The molecule has 2 nitrogen and oxygen atoms in total. The first kappa shape index (κ1) is 12.1. The summed E-state index contributed by atoms with van der Waals surface area (Å²) in [5.41, 5.74) is 2.52. The molecule has 3 heteroatoms. The predicted octanol–water partition coefficient (Wildman–Crippen LogP) is 3.53. The first-order valence-electron chi connectivity index (χ1n) is 5.78. The van der Waals surface area contributed by atoms with Crippen LogP contribution in [0.25, 0.3) is 11.1 Å². The summed E-state index contributed by atoms with van der Waals surface area (Å²) >= 11 is 1.79. The van der Waals surface area contributed by atoms with Gasteiger partial charge in [-0.15, -0.1) is 11.3 Å². The summed E-state index contributed by atoms with van der Waals surface area (Å²) in [7, 11) is 1.97. The van der Waals surface area contributed by atoms with E-state index in [1.807, 2.05) is 26.1 Å². The monoisotopic (exact) mass is 247 g/mol. The third kappa shape index (κ3) is 3.08. The molecule has 90 valence electrons. The van der Waals surface area contributed by atoms with Crippen molar-refractivity contribution in [3.05, 3.63) is 40.6 Å². The Labute approximate surface area is 106 Å². The highest BCUT2D eigenvalue weighted by atomic mass is 32.1. The van der Waals surface area contributed by atoms with Gasteiger partial charge in [0.1, 0.15) is 5.75 Å². The zero-order valence-corrected chi connectivity index (χ0v) is 11.0. The summed E-state index contributed by atoms with van der Waals surface area (Å²) in [6.07, 6.45) is 0. The van der Waals surface area contributed by atoms with E-state index in [0.717, 1.165) is 12.3 Å². The molecule has 0 fully saturated rings. The molecule has 17 heavy (non-hydrogen) atoms. The summed E-state index contributed by atoms with van der Waals surface area (Å²) < 4.78 is 5.43. The van der Waals surface area contributed by atoms with Gasteiger partial charge < -0.3 is 10.1 Å². The van der Waals surface area contributed by atoms with Gasteiger partial charge >= 0.3 is 0 Å². The number of benzene rings is 1. The average Bonchev–Trinajstić information content (AvgIpc) is 2.80. The van der Waals surface area contributed by atoms with E-state index in [-0.39, 0.29) is 0 Å². The number of nitrogens with one attached hydrogen (secondary N) is 1. The van der Waals surface area contributed by atoms with E-state index in [0.29, 0.717) is 6.61 Å². The van der Waals surface area contributed by atoms with Crippen molar-refractivity contribution in [2.45, 2.75) is 13.5 Å². The van der Waals surface area contributed by atoms with E-state index in [1.54, 1.807) is 11.3 Å². The highest BCUT2D eigenvalue weighted by Crippen LogP contribution is 2.27. The van der Waals surface area contributed by atoms with Gasteiger partial charge in [0, 0.05) is 11.4 Å². The summed E-state index contributed by atoms with van der Waals surface area (Å²) in [5.74, 6) is 0.932. The third-order valence-electron chi connectivity index (χ3n) is 2.50. The van der Waals surface area contributed by atoms with E-state index in [4.69, 9.17) is 4.74 Å². The van der Waals surface area contributed by atoms with Crippen molar-refractivity contribution in [1.29, 1.82) is 0 Å². The van der Waals surface area contributed by atoms with Gasteiger partial charge in [0.25, 0.3) is 0 Å². The molecule has 0 saturated carbocycles. The Morgan fingerprint density at radius 2 is 1.94 bits per heavy atom. The first-order chi connectivity index (χ1) is 8.33. The Kier molecular flexibility index (Phi) is 4.18. The molecule has 2 aromatic rings. The number of ether oxygens (including phenoxy) is 1. The number of rotatable bonds is 5. The number of hydrogen-bond acceptors (Lipinski definition) is 3. The van der Waals surface area contributed by atoms with Crippen LogP contribution in [0.4, 0.5) is 0 Å². The van der Waals surface area contributed by atoms with E-state index in [2.05, 4.69) is 28.9 Å². The van der Waals surface area contributed by atoms with Crippen molar-refractivity contribution in [3.8, 4) is 16.9 Å². The van der Waals surface area contributed by atoms with Crippen LogP contribution in [-0.2, 0) is 6.54 Å². The maximum absolute atomic E-state index is 5.43. The first-order valence-corrected chi connectivity index (χ1v) is 6.66. The number of thiophene rings is 1. The lowest BCUT2D eigenvalue weighted by Crippen LogP contribution is -2.02. The molecule has 0 aliphatic heterocycles. The Balaban J connectivity index is 2.15. The van der Waals surface area contributed by atoms with Gasteiger partial charge in [-0.25, -0.2) is 0 Å². The maximum atomic E-state index is 5.43. The quantitative estimate of drug-likeness (QED) is 0.872. The van der Waals surface area contributed by atoms with Crippen LogP contribution in [-0.4, -0.2) is 13.7 Å². The molecule has 0 aliphatic rings. The van der Waals surface area contributed by atoms with Gasteiger partial charge in [0.2, 0.25) is 0 Å². The Bertz CT molecular complexity index is 461. The van der Waals surface area contributed by atoms with Crippen LogP contribution in [0.1, 0.15) is 11.8 Å². The molecule has 1 aromatic carbocycles. The fourth-order valence-corrected chi connectivity index (χ4v) is 2.61. The lowest BCUT2D eigenvalue weighted by atomic mass is 10.1. The standard InChI is InChI=1S/C14H17NOS/c1-3-16-13-6-4-11(5-7-13)12-8-14(9-15-2)17-10-12/h4-8,10,15H,3,9H2,1-2H3. The van der Waals surface area contributed by atoms with Crippen LogP contribution in [0.5, 0.6) is 5.75 Å². The molecule has 0 spiro atoms. The van der Waals surface area contributed by atoms with Crippen molar-refractivity contribution in [2.75, 3.05) is 13.7 Å². The zero-order chi connectivity index (χ0) is 12.1. The molecule has 0 radical (unpaired) electrons. The molecule has 0 atom stereocenters. The van der Waals surface area contributed by atoms with Gasteiger partial charge in [-0.3, -0.25) is 0 Å². The van der Waals surface area contributed by atoms with Crippen LogP contribution in [0, 0.1) is 0 Å². The van der Waals surface area contributed by atoms with Crippen molar-refractivity contribution < 1.29 is 4.74 Å². The lowest BCUT2D eigenvalue weighted by Gasteiger charge is -2.03. The molecule has 0 unspecified atom stereocenters. The van der Waals surface area contributed by atoms with Gasteiger partial charge in [0.15, 0.2) is 0 Å². The number of hydrogen-bond donors (Lipinski definition) is 1. The minimum atomic E-state index is 0.712. The van der Waals surface area contributed by atoms with Crippen molar-refractivity contribution >= 4 is 11.3 Å². The van der Waals surface area contributed by atoms with Gasteiger partial charge in [-0.05, 0) is 48.7 Å². The normalized spacial score (nSPS) is 10.5. The van der Waals surface area contributed by atoms with E-state index in [9.17, 15) is 0 Å². The van der Waals surface area contributed by atoms with Crippen LogP contribution >= 0.6 is 11.3 Å². The third-order valence-corrected chi connectivity index (χ3v) is 3.44. The molecule has 0 saturated heterocycles. The molecule has 1 heterocycles. The fraction of sp³-hybridized carbons (Fsp3) is 0.286. The lowest BCUT2D eigenvalue weighted by molar-refractivity contribution is 0.340. The molecule has 1 N–H and O–H groups in total. The summed E-state index contributed by atoms with van der Waals surface area (Å²) in [6.45, 7) is 3.64. The SMILES string of the molecule is CCOc1ccc(-c2csc(CNC)c2)cc1. The zero-order valence-electron chi connectivity index (χ0n) is 10.2. The molecular weight excluding hydrogens is 230 g/mol. The maximum Gasteiger partial charge on any atom is 0.119 e. The summed E-state index contributed by atoms with van der Waals surface area (Å²) in [6, 6.07) is 10.5. The van der Waals surface area contributed by atoms with E-state index >= 15 is 0 Å². The molecule has 2 rings (SSSR count). The van der Waals surface area contributed by atoms with Gasteiger partial charge in [-0.2, -0.15) is 0 Å². The summed E-state index contributed by atoms with van der Waals surface area (Å²) in [4.78, 5) is 1.36. The minimum Gasteiger partial charge on any atom is -0.494 e. The molecule has 0 aliphatic carbocycles. The van der Waals surface area contributed by atoms with E-state index < -0.39 is 0 Å². The smallest absolute Gasteiger partial charge is 0.119 e. The van der Waals surface area contributed by atoms with E-state index in [1.165, 1.54) is 16.0 Å². The summed E-state index contributed by atoms with van der Waals surface area (Å²) in [5, 5.41) is 5.36. The Morgan fingerprint density at radius 1 is 1.18 bits per heavy atom. The second-order valence-corrected chi connectivity index (χ2v) is 4.79. The predicted molar refractivity (Wildman–Crippen MR) is 73.7 cm³/mol. The molecular formula is C14H17NOS. The molecule has 0 bridgehead atoms. The Hall–Kier alpha value is -1.32. The van der Waals surface area contributed by atoms with Gasteiger partial charge in [-0.1, -0.05) is 12.1 Å². The Morgan fingerprint density at radius 3 is 2.59 bits per heavy atom. The molecule has 0 amide bonds. The minimum absolute atomic E-state index is 0.712.